The van der Waals surface area contributed by atoms with Gasteiger partial charge in [0.25, 0.3) is 5.91 Å². The largest absolute Gasteiger partial charge is 0.464 e. The number of carbonyl (C=O) groups is 2. The number of nitrogens with one attached hydrogen (secondary N) is 1. The Morgan fingerprint density at radius 3 is 2.71 bits per heavy atom. The Kier molecular flexibility index (Phi) is 4.65. The lowest BCUT2D eigenvalue weighted by Gasteiger charge is -2.11. The fourth-order valence-electron chi connectivity index (χ4n) is 1.65. The Morgan fingerprint density at radius 1 is 1.33 bits per heavy atom. The number of carbonyl (C=O) groups excluding carboxylic acids is 2. The lowest BCUT2D eigenvalue weighted by Crippen LogP contribution is -2.39. The van der Waals surface area contributed by atoms with Crippen LogP contribution in [0.25, 0.3) is 5.69 Å². The molecule has 0 fully saturated rings. The standard InChI is InChI=1S/C14H16N4O3/c1-3-21-14(20)10(2)16-13(19)12-9-15-18(17-12)11-7-5-4-6-8-11/h4-10H,3H2,1-2H3,(H,16,19). The average molecular weight is 288 g/mol. The lowest BCUT2D eigenvalue weighted by molar-refractivity contribution is -0.144. The summed E-state index contributed by atoms with van der Waals surface area (Å²) in [6.45, 7) is 3.53. The molecule has 0 radical (unpaired) electrons. The van der Waals surface area contributed by atoms with Crippen LogP contribution in [0.15, 0.2) is 36.5 Å². The molecule has 21 heavy (non-hydrogen) atoms. The Hall–Kier alpha value is -2.70. The minimum Gasteiger partial charge on any atom is -0.464 e. The second-order valence-electron chi connectivity index (χ2n) is 4.30. The lowest BCUT2D eigenvalue weighted by atomic mass is 10.3. The van der Waals surface area contributed by atoms with Crippen molar-refractivity contribution in [2.45, 2.75) is 19.9 Å². The first-order valence-electron chi connectivity index (χ1n) is 6.57. The molecular weight excluding hydrogens is 272 g/mol. The fourth-order valence-corrected chi connectivity index (χ4v) is 1.65. The summed E-state index contributed by atoms with van der Waals surface area (Å²) in [7, 11) is 0. The minimum atomic E-state index is -0.737. The number of para-hydroxylation sites is 1. The molecule has 0 spiro atoms. The van der Waals surface area contributed by atoms with Crippen LogP contribution in [0.1, 0.15) is 24.3 Å². The molecular formula is C14H16N4O3. The van der Waals surface area contributed by atoms with Gasteiger partial charge in [-0.25, -0.2) is 4.79 Å². The summed E-state index contributed by atoms with van der Waals surface area (Å²) in [6, 6.07) is 8.48. The summed E-state index contributed by atoms with van der Waals surface area (Å²) in [5.41, 5.74) is 0.880. The van der Waals surface area contributed by atoms with Crippen LogP contribution in [0.3, 0.4) is 0 Å². The monoisotopic (exact) mass is 288 g/mol. The molecule has 7 nitrogen and oxygen atoms in total. The zero-order chi connectivity index (χ0) is 15.2. The van der Waals surface area contributed by atoms with E-state index in [-0.39, 0.29) is 12.3 Å². The fraction of sp³-hybridized carbons (Fsp3) is 0.286. The van der Waals surface area contributed by atoms with Crippen molar-refractivity contribution in [1.82, 2.24) is 20.3 Å². The topological polar surface area (TPSA) is 86.1 Å². The van der Waals surface area contributed by atoms with Crippen molar-refractivity contribution in [1.29, 1.82) is 0 Å². The smallest absolute Gasteiger partial charge is 0.328 e. The van der Waals surface area contributed by atoms with E-state index in [1.54, 1.807) is 13.8 Å². The predicted octanol–water partition coefficient (Wildman–Crippen LogP) is 0.949. The van der Waals surface area contributed by atoms with E-state index in [9.17, 15) is 9.59 Å². The van der Waals surface area contributed by atoms with Crippen molar-refractivity contribution in [3.8, 4) is 5.69 Å². The van der Waals surface area contributed by atoms with Crippen LogP contribution in [-0.4, -0.2) is 39.5 Å². The van der Waals surface area contributed by atoms with Crippen molar-refractivity contribution in [3.63, 3.8) is 0 Å². The van der Waals surface area contributed by atoms with Crippen molar-refractivity contribution in [2.75, 3.05) is 6.61 Å². The van der Waals surface area contributed by atoms with Crippen LogP contribution in [0, 0.1) is 0 Å². The van der Waals surface area contributed by atoms with Crippen molar-refractivity contribution in [3.05, 3.63) is 42.2 Å². The van der Waals surface area contributed by atoms with Crippen molar-refractivity contribution < 1.29 is 14.3 Å². The first-order valence-corrected chi connectivity index (χ1v) is 6.57. The SMILES string of the molecule is CCOC(=O)C(C)NC(=O)c1cnn(-c2ccccc2)n1. The van der Waals surface area contributed by atoms with Crippen LogP contribution in [0.5, 0.6) is 0 Å². The summed E-state index contributed by atoms with van der Waals surface area (Å²) in [4.78, 5) is 24.8. The Labute approximate surface area is 121 Å². The Balaban J connectivity index is 2.04. The van der Waals surface area contributed by atoms with E-state index < -0.39 is 17.9 Å². The van der Waals surface area contributed by atoms with Gasteiger partial charge >= 0.3 is 5.97 Å². The van der Waals surface area contributed by atoms with Crippen LogP contribution in [0.2, 0.25) is 0 Å². The number of esters is 1. The van der Waals surface area contributed by atoms with Crippen LogP contribution in [0.4, 0.5) is 0 Å². The van der Waals surface area contributed by atoms with Gasteiger partial charge in [-0.05, 0) is 26.0 Å². The molecule has 1 aromatic carbocycles. The summed E-state index contributed by atoms with van der Waals surface area (Å²) in [5.74, 6) is -0.959. The van der Waals surface area contributed by atoms with E-state index in [0.717, 1.165) is 5.69 Å². The van der Waals surface area contributed by atoms with Gasteiger partial charge in [-0.15, -0.1) is 5.10 Å². The van der Waals surface area contributed by atoms with E-state index in [2.05, 4.69) is 15.5 Å². The Bertz CT molecular complexity index is 624. The molecule has 1 unspecified atom stereocenters. The molecule has 0 aliphatic carbocycles. The summed E-state index contributed by atoms with van der Waals surface area (Å²) >= 11 is 0. The highest BCUT2D eigenvalue weighted by Gasteiger charge is 2.19. The summed E-state index contributed by atoms with van der Waals surface area (Å²) in [6.07, 6.45) is 1.35. The average Bonchev–Trinajstić information content (AvgIpc) is 2.98. The molecule has 110 valence electrons. The number of ether oxygens (including phenoxy) is 1. The third kappa shape index (κ3) is 3.65. The third-order valence-electron chi connectivity index (χ3n) is 2.70. The van der Waals surface area contributed by atoms with Gasteiger partial charge in [0.1, 0.15) is 6.04 Å². The van der Waals surface area contributed by atoms with Gasteiger partial charge in [0.15, 0.2) is 5.69 Å². The molecule has 1 atom stereocenters. The van der Waals surface area contributed by atoms with E-state index >= 15 is 0 Å². The molecule has 1 aromatic heterocycles. The number of rotatable bonds is 5. The van der Waals surface area contributed by atoms with E-state index in [4.69, 9.17) is 4.74 Å². The van der Waals surface area contributed by atoms with Gasteiger partial charge in [0, 0.05) is 0 Å². The van der Waals surface area contributed by atoms with E-state index in [1.807, 2.05) is 30.3 Å². The molecule has 0 aliphatic rings. The van der Waals surface area contributed by atoms with Gasteiger partial charge in [-0.2, -0.15) is 9.90 Å². The molecule has 1 heterocycles. The highest BCUT2D eigenvalue weighted by Crippen LogP contribution is 2.04. The van der Waals surface area contributed by atoms with Gasteiger partial charge < -0.3 is 10.1 Å². The number of aromatic nitrogens is 3. The maximum absolute atomic E-state index is 12.0. The first kappa shape index (κ1) is 14.7. The third-order valence-corrected chi connectivity index (χ3v) is 2.70. The first-order chi connectivity index (χ1) is 10.1. The van der Waals surface area contributed by atoms with Crippen molar-refractivity contribution in [2.24, 2.45) is 0 Å². The summed E-state index contributed by atoms with van der Waals surface area (Å²) < 4.78 is 4.82. The second-order valence-corrected chi connectivity index (χ2v) is 4.30. The number of benzene rings is 1. The van der Waals surface area contributed by atoms with Gasteiger partial charge in [0.2, 0.25) is 0 Å². The highest BCUT2D eigenvalue weighted by atomic mass is 16.5. The van der Waals surface area contributed by atoms with Gasteiger partial charge in [-0.1, -0.05) is 18.2 Å². The normalized spacial score (nSPS) is 11.7. The maximum Gasteiger partial charge on any atom is 0.328 e. The molecule has 1 amide bonds. The van der Waals surface area contributed by atoms with Crippen LogP contribution >= 0.6 is 0 Å². The number of hydrogen-bond donors (Lipinski definition) is 1. The second kappa shape index (κ2) is 6.65. The molecule has 0 aliphatic heterocycles. The van der Waals surface area contributed by atoms with E-state index in [1.165, 1.54) is 11.0 Å². The molecule has 0 saturated heterocycles. The zero-order valence-corrected chi connectivity index (χ0v) is 11.8. The van der Waals surface area contributed by atoms with Crippen LogP contribution < -0.4 is 5.32 Å². The number of hydrogen-bond acceptors (Lipinski definition) is 5. The molecule has 2 rings (SSSR count). The van der Waals surface area contributed by atoms with E-state index in [0.29, 0.717) is 0 Å². The predicted molar refractivity (Wildman–Crippen MR) is 74.9 cm³/mol. The van der Waals surface area contributed by atoms with Crippen molar-refractivity contribution >= 4 is 11.9 Å². The van der Waals surface area contributed by atoms with Crippen LogP contribution in [-0.2, 0) is 9.53 Å². The molecule has 0 bridgehead atoms. The minimum absolute atomic E-state index is 0.134. The molecule has 2 aromatic rings. The zero-order valence-electron chi connectivity index (χ0n) is 11.8. The number of amides is 1. The molecule has 7 heteroatoms. The molecule has 1 N–H and O–H groups in total. The van der Waals surface area contributed by atoms with Gasteiger partial charge in [0.05, 0.1) is 18.5 Å². The highest BCUT2D eigenvalue weighted by molar-refractivity contribution is 5.94. The number of nitrogens with zero attached hydrogens (tertiary/aromatic N) is 3. The maximum atomic E-state index is 12.0. The quantitative estimate of drug-likeness (QED) is 0.828. The molecule has 0 saturated carbocycles. The summed E-state index contributed by atoms with van der Waals surface area (Å²) in [5, 5.41) is 10.6. The Morgan fingerprint density at radius 2 is 2.05 bits per heavy atom. The van der Waals surface area contributed by atoms with Gasteiger partial charge in [-0.3, -0.25) is 4.79 Å².